The summed E-state index contributed by atoms with van der Waals surface area (Å²) in [6.07, 6.45) is 0.964. The van der Waals surface area contributed by atoms with Crippen LogP contribution < -0.4 is 0 Å². The third-order valence-electron chi connectivity index (χ3n) is 4.13. The topological polar surface area (TPSA) is 45.8 Å². The van der Waals surface area contributed by atoms with Gasteiger partial charge in [-0.2, -0.15) is 5.26 Å². The van der Waals surface area contributed by atoms with E-state index in [1.165, 1.54) is 11.7 Å². The second-order valence-electron chi connectivity index (χ2n) is 7.25. The standard InChI is InChI=1S/C19H23BrN2OSi/c1-14-18(19(23)12-20)11-17(9-10-24(2,3)4)22(14)16-7-5-15(13-21)6-8-16/h5-8,11H,9-10,12H2,1-4H3. The summed E-state index contributed by atoms with van der Waals surface area (Å²) in [5.41, 5.74) is 4.56. The first-order valence-corrected chi connectivity index (χ1v) is 12.9. The molecule has 0 radical (unpaired) electrons. The monoisotopic (exact) mass is 402 g/mol. The van der Waals surface area contributed by atoms with Crippen molar-refractivity contribution in [2.45, 2.75) is 39.0 Å². The van der Waals surface area contributed by atoms with Gasteiger partial charge in [-0.3, -0.25) is 4.79 Å². The van der Waals surface area contributed by atoms with E-state index in [2.05, 4.69) is 46.2 Å². The molecule has 0 unspecified atom stereocenters. The molecule has 0 spiro atoms. The Morgan fingerprint density at radius 1 is 1.25 bits per heavy atom. The lowest BCUT2D eigenvalue weighted by molar-refractivity contribution is 0.102. The molecule has 5 heteroatoms. The lowest BCUT2D eigenvalue weighted by Gasteiger charge is -2.17. The second kappa shape index (κ2) is 7.50. The number of halogens is 1. The number of carbonyl (C=O) groups is 1. The number of alkyl halides is 1. The Morgan fingerprint density at radius 2 is 1.88 bits per heavy atom. The van der Waals surface area contributed by atoms with Crippen LogP contribution in [0.4, 0.5) is 0 Å². The summed E-state index contributed by atoms with van der Waals surface area (Å²) in [4.78, 5) is 12.2. The number of ketones is 1. The maximum absolute atomic E-state index is 12.2. The van der Waals surface area contributed by atoms with Crippen molar-refractivity contribution < 1.29 is 4.79 Å². The molecule has 126 valence electrons. The fraction of sp³-hybridized carbons (Fsp3) is 0.368. The highest BCUT2D eigenvalue weighted by atomic mass is 79.9. The third kappa shape index (κ3) is 4.25. The quantitative estimate of drug-likeness (QED) is 0.382. The predicted molar refractivity (Wildman–Crippen MR) is 105 cm³/mol. The first-order valence-electron chi connectivity index (χ1n) is 8.08. The molecule has 0 amide bonds. The van der Waals surface area contributed by atoms with Gasteiger partial charge in [-0.15, -0.1) is 0 Å². The Labute approximate surface area is 153 Å². The van der Waals surface area contributed by atoms with Crippen LogP contribution in [0.25, 0.3) is 5.69 Å². The molecule has 0 aliphatic rings. The third-order valence-corrected chi connectivity index (χ3v) is 6.39. The minimum Gasteiger partial charge on any atom is -0.317 e. The van der Waals surface area contributed by atoms with Crippen LogP contribution in [0.2, 0.25) is 25.7 Å². The minimum absolute atomic E-state index is 0.106. The fourth-order valence-electron chi connectivity index (χ4n) is 2.76. The fourth-order valence-corrected chi connectivity index (χ4v) is 4.07. The Hall–Kier alpha value is -1.64. The second-order valence-corrected chi connectivity index (χ2v) is 13.4. The molecule has 2 aromatic rings. The SMILES string of the molecule is Cc1c(C(=O)CBr)cc(CC[Si](C)(C)C)n1-c1ccc(C#N)cc1. The highest BCUT2D eigenvalue weighted by Crippen LogP contribution is 2.25. The van der Waals surface area contributed by atoms with E-state index in [0.717, 1.165) is 23.4 Å². The van der Waals surface area contributed by atoms with E-state index in [0.29, 0.717) is 10.9 Å². The zero-order valence-electron chi connectivity index (χ0n) is 14.7. The molecule has 0 fully saturated rings. The Morgan fingerprint density at radius 3 is 2.38 bits per heavy atom. The molecule has 0 atom stereocenters. The lowest BCUT2D eigenvalue weighted by Crippen LogP contribution is -2.20. The zero-order chi connectivity index (χ0) is 17.9. The number of hydrogen-bond acceptors (Lipinski definition) is 2. The van der Waals surface area contributed by atoms with Crippen LogP contribution in [0, 0.1) is 18.3 Å². The first-order chi connectivity index (χ1) is 11.3. The Balaban J connectivity index is 2.51. The summed E-state index contributed by atoms with van der Waals surface area (Å²) in [5, 5.41) is 9.32. The van der Waals surface area contributed by atoms with Gasteiger partial charge >= 0.3 is 0 Å². The van der Waals surface area contributed by atoms with E-state index in [1.807, 2.05) is 37.3 Å². The molecule has 0 saturated carbocycles. The van der Waals surface area contributed by atoms with Crippen molar-refractivity contribution in [2.75, 3.05) is 5.33 Å². The van der Waals surface area contributed by atoms with Gasteiger partial charge in [-0.25, -0.2) is 0 Å². The van der Waals surface area contributed by atoms with E-state index >= 15 is 0 Å². The van der Waals surface area contributed by atoms with Crippen LogP contribution in [0.15, 0.2) is 30.3 Å². The smallest absolute Gasteiger partial charge is 0.175 e. The number of nitriles is 1. The maximum Gasteiger partial charge on any atom is 0.175 e. The summed E-state index contributed by atoms with van der Waals surface area (Å²) >= 11 is 3.28. The van der Waals surface area contributed by atoms with Crippen molar-refractivity contribution >= 4 is 29.8 Å². The normalized spacial score (nSPS) is 11.3. The van der Waals surface area contributed by atoms with E-state index in [9.17, 15) is 4.79 Å². The summed E-state index contributed by atoms with van der Waals surface area (Å²) in [5.74, 6) is 0.106. The van der Waals surface area contributed by atoms with Crippen LogP contribution in [0.5, 0.6) is 0 Å². The molecular formula is C19H23BrN2OSi. The number of nitrogens with zero attached hydrogens (tertiary/aromatic N) is 2. The van der Waals surface area contributed by atoms with Crippen LogP contribution in [-0.4, -0.2) is 23.8 Å². The van der Waals surface area contributed by atoms with Gasteiger partial charge in [0.15, 0.2) is 5.78 Å². The Kier molecular flexibility index (Phi) is 5.84. The summed E-state index contributed by atoms with van der Waals surface area (Å²) < 4.78 is 2.16. The maximum atomic E-state index is 12.2. The van der Waals surface area contributed by atoms with Crippen molar-refractivity contribution in [3.05, 3.63) is 52.8 Å². The number of carbonyl (C=O) groups excluding carboxylic acids is 1. The number of rotatable bonds is 6. The van der Waals surface area contributed by atoms with Crippen LogP contribution >= 0.6 is 15.9 Å². The first kappa shape index (κ1) is 18.7. The van der Waals surface area contributed by atoms with Crippen LogP contribution in [0.1, 0.15) is 27.3 Å². The average Bonchev–Trinajstić information content (AvgIpc) is 2.88. The van der Waals surface area contributed by atoms with Crippen molar-refractivity contribution in [1.29, 1.82) is 5.26 Å². The van der Waals surface area contributed by atoms with Gasteiger partial charge in [-0.05, 0) is 43.7 Å². The summed E-state index contributed by atoms with van der Waals surface area (Å²) in [7, 11) is -1.17. The zero-order valence-corrected chi connectivity index (χ0v) is 17.3. The molecule has 1 heterocycles. The van der Waals surface area contributed by atoms with Crippen LogP contribution in [-0.2, 0) is 6.42 Å². The minimum atomic E-state index is -1.17. The number of aromatic nitrogens is 1. The van der Waals surface area contributed by atoms with Gasteiger partial charge in [0, 0.05) is 30.7 Å². The molecule has 0 N–H and O–H groups in total. The molecule has 2 rings (SSSR count). The van der Waals surface area contributed by atoms with Gasteiger partial charge in [0.25, 0.3) is 0 Å². The average molecular weight is 403 g/mol. The van der Waals surface area contributed by atoms with E-state index < -0.39 is 8.07 Å². The molecular weight excluding hydrogens is 380 g/mol. The molecule has 0 aliphatic heterocycles. The van der Waals surface area contributed by atoms with Crippen molar-refractivity contribution in [3.8, 4) is 11.8 Å². The summed E-state index contributed by atoms with van der Waals surface area (Å²) in [6.45, 7) is 9.07. The molecule has 0 bridgehead atoms. The lowest BCUT2D eigenvalue weighted by atomic mass is 10.2. The van der Waals surface area contributed by atoms with Gasteiger partial charge in [0.2, 0.25) is 0 Å². The van der Waals surface area contributed by atoms with E-state index in [1.54, 1.807) is 0 Å². The van der Waals surface area contributed by atoms with Crippen molar-refractivity contribution in [2.24, 2.45) is 0 Å². The number of benzene rings is 1. The highest BCUT2D eigenvalue weighted by molar-refractivity contribution is 9.09. The number of aryl methyl sites for hydroxylation is 1. The van der Waals surface area contributed by atoms with Gasteiger partial charge < -0.3 is 4.57 Å². The molecule has 3 nitrogen and oxygen atoms in total. The van der Waals surface area contributed by atoms with E-state index in [-0.39, 0.29) is 5.78 Å². The highest BCUT2D eigenvalue weighted by Gasteiger charge is 2.20. The largest absolute Gasteiger partial charge is 0.317 e. The predicted octanol–water partition coefficient (Wildman–Crippen LogP) is 5.12. The molecule has 24 heavy (non-hydrogen) atoms. The number of Topliss-reactive ketones (excluding diaryl/α,β-unsaturated/α-hetero) is 1. The molecule has 0 saturated heterocycles. The molecule has 1 aromatic heterocycles. The van der Waals surface area contributed by atoms with E-state index in [4.69, 9.17) is 5.26 Å². The van der Waals surface area contributed by atoms with Gasteiger partial charge in [0.05, 0.1) is 17.0 Å². The van der Waals surface area contributed by atoms with Crippen molar-refractivity contribution in [3.63, 3.8) is 0 Å². The molecule has 1 aromatic carbocycles. The Bertz CT molecular complexity index is 779. The summed E-state index contributed by atoms with van der Waals surface area (Å²) in [6, 6.07) is 12.9. The van der Waals surface area contributed by atoms with Crippen molar-refractivity contribution in [1.82, 2.24) is 4.57 Å². The molecule has 0 aliphatic carbocycles. The van der Waals surface area contributed by atoms with Crippen LogP contribution in [0.3, 0.4) is 0 Å². The van der Waals surface area contributed by atoms with Gasteiger partial charge in [0.1, 0.15) is 0 Å². The number of hydrogen-bond donors (Lipinski definition) is 0. The van der Waals surface area contributed by atoms with Gasteiger partial charge in [-0.1, -0.05) is 41.6 Å².